The molecule has 8 heteroatoms. The number of ether oxygens (including phenoxy) is 2. The number of hydrogen-bond acceptors (Lipinski definition) is 4. The highest BCUT2D eigenvalue weighted by atomic mass is 127. The van der Waals surface area contributed by atoms with E-state index in [4.69, 9.17) is 32.7 Å². The molecule has 0 spiro atoms. The van der Waals surface area contributed by atoms with Crippen molar-refractivity contribution in [2.45, 2.75) is 38.3 Å². The molecule has 31 heavy (non-hydrogen) atoms. The minimum atomic E-state index is -0.346. The van der Waals surface area contributed by atoms with E-state index in [0.717, 1.165) is 34.8 Å². The molecule has 162 valence electrons. The molecule has 1 amide bonds. The van der Waals surface area contributed by atoms with Crippen molar-refractivity contribution in [3.63, 3.8) is 0 Å². The lowest BCUT2D eigenvalue weighted by Gasteiger charge is -2.15. The van der Waals surface area contributed by atoms with Gasteiger partial charge < -0.3 is 14.8 Å². The largest absolute Gasteiger partial charge is 0.493 e. The molecule has 0 atom stereocenters. The van der Waals surface area contributed by atoms with Crippen molar-refractivity contribution in [3.05, 3.63) is 60.6 Å². The molecule has 0 heterocycles. The second-order valence-corrected chi connectivity index (χ2v) is 9.19. The lowest BCUT2D eigenvalue weighted by Crippen LogP contribution is -2.33. The molecule has 1 aliphatic rings. The molecule has 0 radical (unpaired) electrons. The predicted octanol–water partition coefficient (Wildman–Crippen LogP) is 6.15. The van der Waals surface area contributed by atoms with Crippen LogP contribution in [0.25, 0.3) is 6.08 Å². The first-order valence-electron chi connectivity index (χ1n) is 9.78. The Kier molecular flexibility index (Phi) is 8.47. The Labute approximate surface area is 205 Å². The van der Waals surface area contributed by atoms with Crippen LogP contribution >= 0.6 is 45.8 Å². The van der Waals surface area contributed by atoms with Crippen LogP contribution in [0.15, 0.2) is 35.9 Å². The standard InChI is InChI=1S/C23H21Cl2IN2O3/c1-30-21-10-14(8-16(12-27)23(29)28-18-4-2-3-5-18)9-20(26)22(21)31-13-15-6-7-17(24)11-19(15)25/h6-11,18H,2-5,13H2,1H3,(H,28,29)/b16-8-. The van der Waals surface area contributed by atoms with E-state index in [-0.39, 0.29) is 24.1 Å². The molecule has 0 aliphatic heterocycles. The van der Waals surface area contributed by atoms with Gasteiger partial charge in [-0.1, -0.05) is 42.1 Å². The van der Waals surface area contributed by atoms with Crippen molar-refractivity contribution >= 4 is 57.8 Å². The van der Waals surface area contributed by atoms with Crippen LogP contribution < -0.4 is 14.8 Å². The number of carbonyl (C=O) groups excluding carboxylic acids is 1. The number of hydrogen-bond donors (Lipinski definition) is 1. The van der Waals surface area contributed by atoms with Crippen LogP contribution in [0.4, 0.5) is 0 Å². The van der Waals surface area contributed by atoms with E-state index in [2.05, 4.69) is 27.9 Å². The Bertz CT molecular complexity index is 1040. The summed E-state index contributed by atoms with van der Waals surface area (Å²) in [4.78, 5) is 12.5. The molecule has 1 fully saturated rings. The third kappa shape index (κ3) is 6.28. The highest BCUT2D eigenvalue weighted by Gasteiger charge is 2.20. The van der Waals surface area contributed by atoms with Gasteiger partial charge in [0, 0.05) is 21.7 Å². The van der Waals surface area contributed by atoms with Crippen molar-refractivity contribution in [1.29, 1.82) is 5.26 Å². The zero-order chi connectivity index (χ0) is 22.4. The fraction of sp³-hybridized carbons (Fsp3) is 0.304. The third-order valence-electron chi connectivity index (χ3n) is 5.01. The van der Waals surface area contributed by atoms with Gasteiger partial charge in [0.1, 0.15) is 18.2 Å². The predicted molar refractivity (Wildman–Crippen MR) is 130 cm³/mol. The number of benzene rings is 2. The van der Waals surface area contributed by atoms with Crippen LogP contribution in [0.1, 0.15) is 36.8 Å². The summed E-state index contributed by atoms with van der Waals surface area (Å²) in [5.74, 6) is 0.706. The highest BCUT2D eigenvalue weighted by Crippen LogP contribution is 2.36. The van der Waals surface area contributed by atoms with Gasteiger partial charge in [-0.25, -0.2) is 0 Å². The van der Waals surface area contributed by atoms with E-state index in [1.54, 1.807) is 31.4 Å². The maximum atomic E-state index is 12.5. The first-order chi connectivity index (χ1) is 14.9. The number of nitriles is 1. The van der Waals surface area contributed by atoms with Gasteiger partial charge in [-0.2, -0.15) is 5.26 Å². The Morgan fingerprint density at radius 1 is 1.29 bits per heavy atom. The zero-order valence-corrected chi connectivity index (χ0v) is 20.6. The van der Waals surface area contributed by atoms with Crippen molar-refractivity contribution in [2.24, 2.45) is 0 Å². The van der Waals surface area contributed by atoms with Gasteiger partial charge in [0.05, 0.1) is 10.7 Å². The number of halogens is 3. The fourth-order valence-electron chi connectivity index (χ4n) is 3.40. The molecule has 1 N–H and O–H groups in total. The maximum absolute atomic E-state index is 12.5. The monoisotopic (exact) mass is 570 g/mol. The van der Waals surface area contributed by atoms with Gasteiger partial charge in [-0.05, 0) is 71.3 Å². The van der Waals surface area contributed by atoms with Crippen LogP contribution in [0.5, 0.6) is 11.5 Å². The summed E-state index contributed by atoms with van der Waals surface area (Å²) in [6, 6.07) is 10.9. The molecule has 5 nitrogen and oxygen atoms in total. The number of amides is 1. The van der Waals surface area contributed by atoms with Gasteiger partial charge in [0.2, 0.25) is 0 Å². The van der Waals surface area contributed by atoms with E-state index in [0.29, 0.717) is 27.1 Å². The first kappa shape index (κ1) is 23.7. The summed E-state index contributed by atoms with van der Waals surface area (Å²) in [6.07, 6.45) is 5.69. The number of carbonyl (C=O) groups is 1. The summed E-state index contributed by atoms with van der Waals surface area (Å²) in [7, 11) is 1.54. The van der Waals surface area contributed by atoms with Gasteiger partial charge in [0.15, 0.2) is 11.5 Å². The van der Waals surface area contributed by atoms with Gasteiger partial charge >= 0.3 is 0 Å². The van der Waals surface area contributed by atoms with Gasteiger partial charge in [-0.3, -0.25) is 4.79 Å². The molecular formula is C23H21Cl2IN2O3. The van der Waals surface area contributed by atoms with E-state index >= 15 is 0 Å². The SMILES string of the molecule is COc1cc(/C=C(/C#N)C(=O)NC2CCCC2)cc(I)c1OCc1ccc(Cl)cc1Cl. The average molecular weight is 571 g/mol. The Morgan fingerprint density at radius 2 is 2.03 bits per heavy atom. The zero-order valence-electron chi connectivity index (χ0n) is 16.9. The molecular weight excluding hydrogens is 550 g/mol. The Morgan fingerprint density at radius 3 is 2.68 bits per heavy atom. The quantitative estimate of drug-likeness (QED) is 0.246. The van der Waals surface area contributed by atoms with Crippen LogP contribution in [-0.4, -0.2) is 19.1 Å². The molecule has 2 aromatic rings. The minimum Gasteiger partial charge on any atom is -0.493 e. The van der Waals surface area contributed by atoms with Crippen molar-refractivity contribution in [3.8, 4) is 17.6 Å². The van der Waals surface area contributed by atoms with E-state index in [1.165, 1.54) is 0 Å². The molecule has 0 unspecified atom stereocenters. The molecule has 3 rings (SSSR count). The second kappa shape index (κ2) is 11.1. The number of rotatable bonds is 7. The van der Waals surface area contributed by atoms with E-state index in [1.807, 2.05) is 18.2 Å². The molecule has 1 aliphatic carbocycles. The Balaban J connectivity index is 1.79. The number of nitrogens with one attached hydrogen (secondary N) is 1. The Hall–Kier alpha value is -1.95. The summed E-state index contributed by atoms with van der Waals surface area (Å²) in [5.41, 5.74) is 1.53. The van der Waals surface area contributed by atoms with Crippen LogP contribution in [0.3, 0.4) is 0 Å². The normalized spacial score (nSPS) is 14.2. The van der Waals surface area contributed by atoms with Crippen molar-refractivity contribution in [2.75, 3.05) is 7.11 Å². The molecule has 2 aromatic carbocycles. The second-order valence-electron chi connectivity index (χ2n) is 7.18. The van der Waals surface area contributed by atoms with Crippen LogP contribution in [0.2, 0.25) is 10.0 Å². The summed E-state index contributed by atoms with van der Waals surface area (Å²) in [5, 5.41) is 13.5. The van der Waals surface area contributed by atoms with Crippen molar-refractivity contribution < 1.29 is 14.3 Å². The number of nitrogens with zero attached hydrogens (tertiary/aromatic N) is 1. The van der Waals surface area contributed by atoms with Crippen LogP contribution in [-0.2, 0) is 11.4 Å². The molecule has 0 bridgehead atoms. The minimum absolute atomic E-state index is 0.0615. The fourth-order valence-corrected chi connectivity index (χ4v) is 4.64. The first-order valence-corrected chi connectivity index (χ1v) is 11.6. The molecule has 1 saturated carbocycles. The smallest absolute Gasteiger partial charge is 0.262 e. The summed E-state index contributed by atoms with van der Waals surface area (Å²) >= 11 is 14.3. The highest BCUT2D eigenvalue weighted by molar-refractivity contribution is 14.1. The van der Waals surface area contributed by atoms with Gasteiger partial charge in [-0.15, -0.1) is 0 Å². The van der Waals surface area contributed by atoms with E-state index in [9.17, 15) is 10.1 Å². The topological polar surface area (TPSA) is 71.3 Å². The summed E-state index contributed by atoms with van der Waals surface area (Å²) in [6.45, 7) is 0.241. The third-order valence-corrected chi connectivity index (χ3v) is 6.39. The maximum Gasteiger partial charge on any atom is 0.262 e. The molecule has 0 saturated heterocycles. The summed E-state index contributed by atoms with van der Waals surface area (Å²) < 4.78 is 12.2. The van der Waals surface area contributed by atoms with Gasteiger partial charge in [0.25, 0.3) is 5.91 Å². The lowest BCUT2D eigenvalue weighted by atomic mass is 10.1. The van der Waals surface area contributed by atoms with Crippen LogP contribution in [0, 0.1) is 14.9 Å². The van der Waals surface area contributed by atoms with Crippen molar-refractivity contribution in [1.82, 2.24) is 5.32 Å². The van der Waals surface area contributed by atoms with E-state index < -0.39 is 0 Å². The lowest BCUT2D eigenvalue weighted by molar-refractivity contribution is -0.117. The average Bonchev–Trinajstić information content (AvgIpc) is 3.24. The number of methoxy groups -OCH3 is 1. The molecule has 0 aromatic heterocycles.